The average molecular weight is 406 g/mol. The SMILES string of the molecule is COc1ccc([N+](=O)[O-])cc1CN=C(N)N(C)C1CC1.I. The summed E-state index contributed by atoms with van der Waals surface area (Å²) in [7, 11) is 3.43. The highest BCUT2D eigenvalue weighted by atomic mass is 127. The molecule has 0 atom stereocenters. The van der Waals surface area contributed by atoms with Gasteiger partial charge in [-0.1, -0.05) is 0 Å². The molecule has 1 saturated carbocycles. The van der Waals surface area contributed by atoms with Gasteiger partial charge >= 0.3 is 0 Å². The number of non-ortho nitro benzene ring substituents is 1. The number of benzene rings is 1. The number of nitro groups is 1. The van der Waals surface area contributed by atoms with E-state index in [2.05, 4.69) is 4.99 Å². The van der Waals surface area contributed by atoms with Crippen molar-refractivity contribution in [1.82, 2.24) is 4.90 Å². The van der Waals surface area contributed by atoms with Gasteiger partial charge in [0.05, 0.1) is 18.6 Å². The first-order valence-electron chi connectivity index (χ1n) is 6.37. The van der Waals surface area contributed by atoms with Crippen molar-refractivity contribution in [1.29, 1.82) is 0 Å². The van der Waals surface area contributed by atoms with Crippen LogP contribution in [0.25, 0.3) is 0 Å². The van der Waals surface area contributed by atoms with Crippen molar-refractivity contribution in [2.45, 2.75) is 25.4 Å². The van der Waals surface area contributed by atoms with E-state index in [-0.39, 0.29) is 36.2 Å². The minimum atomic E-state index is -0.438. The lowest BCUT2D eigenvalue weighted by Crippen LogP contribution is -2.35. The third-order valence-corrected chi connectivity index (χ3v) is 3.34. The summed E-state index contributed by atoms with van der Waals surface area (Å²) < 4.78 is 5.19. The summed E-state index contributed by atoms with van der Waals surface area (Å²) in [6.45, 7) is 0.258. The number of guanidine groups is 1. The van der Waals surface area contributed by atoms with Crippen LogP contribution in [0, 0.1) is 10.1 Å². The lowest BCUT2D eigenvalue weighted by molar-refractivity contribution is -0.384. The van der Waals surface area contributed by atoms with E-state index in [1.54, 1.807) is 6.07 Å². The second-order valence-corrected chi connectivity index (χ2v) is 4.77. The van der Waals surface area contributed by atoms with E-state index in [1.165, 1.54) is 19.2 Å². The fourth-order valence-corrected chi connectivity index (χ4v) is 1.93. The Balaban J connectivity index is 0.00000220. The molecule has 7 nitrogen and oxygen atoms in total. The molecule has 116 valence electrons. The lowest BCUT2D eigenvalue weighted by Gasteiger charge is -2.17. The van der Waals surface area contributed by atoms with E-state index in [9.17, 15) is 10.1 Å². The molecule has 0 aromatic heterocycles. The zero-order valence-corrected chi connectivity index (χ0v) is 14.3. The van der Waals surface area contributed by atoms with Gasteiger partial charge in [0.25, 0.3) is 5.69 Å². The van der Waals surface area contributed by atoms with E-state index >= 15 is 0 Å². The average Bonchev–Trinajstić information content (AvgIpc) is 3.27. The van der Waals surface area contributed by atoms with E-state index < -0.39 is 4.92 Å². The van der Waals surface area contributed by atoms with Gasteiger partial charge in [-0.25, -0.2) is 4.99 Å². The van der Waals surface area contributed by atoms with Crippen LogP contribution in [0.1, 0.15) is 18.4 Å². The Bertz CT molecular complexity index is 546. The van der Waals surface area contributed by atoms with E-state index in [4.69, 9.17) is 10.5 Å². The van der Waals surface area contributed by atoms with Gasteiger partial charge in [0.2, 0.25) is 0 Å². The summed E-state index contributed by atoms with van der Waals surface area (Å²) >= 11 is 0. The molecule has 2 N–H and O–H groups in total. The van der Waals surface area contributed by atoms with Crippen LogP contribution in [0.2, 0.25) is 0 Å². The van der Waals surface area contributed by atoms with Crippen LogP contribution in [0.15, 0.2) is 23.2 Å². The van der Waals surface area contributed by atoms with Gasteiger partial charge in [0.1, 0.15) is 5.75 Å². The third kappa shape index (κ3) is 4.45. The maximum absolute atomic E-state index is 10.8. The Morgan fingerprint density at radius 2 is 2.24 bits per heavy atom. The fourth-order valence-electron chi connectivity index (χ4n) is 1.93. The number of ether oxygens (including phenoxy) is 1. The molecule has 0 spiro atoms. The minimum Gasteiger partial charge on any atom is -0.496 e. The second kappa shape index (κ2) is 7.43. The molecule has 8 heteroatoms. The van der Waals surface area contributed by atoms with Crippen molar-refractivity contribution < 1.29 is 9.66 Å². The molecule has 1 aliphatic carbocycles. The first-order valence-corrected chi connectivity index (χ1v) is 6.37. The molecule has 0 amide bonds. The van der Waals surface area contributed by atoms with Gasteiger partial charge in [-0.15, -0.1) is 24.0 Å². The minimum absolute atomic E-state index is 0. The Morgan fingerprint density at radius 3 is 2.76 bits per heavy atom. The molecule has 0 unspecified atom stereocenters. The fraction of sp³-hybridized carbons (Fsp3) is 0.462. The zero-order chi connectivity index (χ0) is 14.7. The summed E-state index contributed by atoms with van der Waals surface area (Å²) in [6, 6.07) is 4.92. The number of aliphatic imine (C=N–C) groups is 1. The quantitative estimate of drug-likeness (QED) is 0.266. The summed E-state index contributed by atoms with van der Waals surface area (Å²) in [6.07, 6.45) is 2.26. The van der Waals surface area contributed by atoms with Gasteiger partial charge in [0.15, 0.2) is 5.96 Å². The second-order valence-electron chi connectivity index (χ2n) is 4.77. The molecular formula is C13H19IN4O3. The van der Waals surface area contributed by atoms with Crippen LogP contribution < -0.4 is 10.5 Å². The maximum Gasteiger partial charge on any atom is 0.270 e. The summed E-state index contributed by atoms with van der Waals surface area (Å²) in [5.74, 6) is 1.02. The smallest absolute Gasteiger partial charge is 0.270 e. The number of nitrogens with zero attached hydrogens (tertiary/aromatic N) is 3. The van der Waals surface area contributed by atoms with Gasteiger partial charge < -0.3 is 15.4 Å². The molecule has 0 saturated heterocycles. The van der Waals surface area contributed by atoms with E-state index in [1.807, 2.05) is 11.9 Å². The molecular weight excluding hydrogens is 387 g/mol. The summed E-state index contributed by atoms with van der Waals surface area (Å²) in [5, 5.41) is 10.8. The summed E-state index contributed by atoms with van der Waals surface area (Å²) in [5.41, 5.74) is 6.56. The van der Waals surface area contributed by atoms with E-state index in [0.717, 1.165) is 12.8 Å². The maximum atomic E-state index is 10.8. The molecule has 2 rings (SSSR count). The topological polar surface area (TPSA) is 94.0 Å². The van der Waals surface area contributed by atoms with Crippen LogP contribution in [0.4, 0.5) is 5.69 Å². The van der Waals surface area contributed by atoms with Crippen molar-refractivity contribution in [2.24, 2.45) is 10.7 Å². The number of nitrogens with two attached hydrogens (primary N) is 1. The number of halogens is 1. The standard InChI is InChI=1S/C13H18N4O3.HI/c1-16(10-3-4-10)13(14)15-8-9-7-11(17(18)19)5-6-12(9)20-2;/h5-7,10H,3-4,8H2,1-2H3,(H2,14,15);1H. The molecule has 0 aliphatic heterocycles. The highest BCUT2D eigenvalue weighted by Gasteiger charge is 2.27. The highest BCUT2D eigenvalue weighted by molar-refractivity contribution is 14.0. The number of rotatable bonds is 5. The Hall–Kier alpha value is -1.58. The van der Waals surface area contributed by atoms with Crippen LogP contribution >= 0.6 is 24.0 Å². The van der Waals surface area contributed by atoms with Crippen LogP contribution in [0.5, 0.6) is 5.75 Å². The molecule has 0 bridgehead atoms. The summed E-state index contributed by atoms with van der Waals surface area (Å²) in [4.78, 5) is 16.6. The van der Waals surface area contributed by atoms with Crippen LogP contribution in [-0.4, -0.2) is 36.0 Å². The molecule has 1 aliphatic rings. The number of hydrogen-bond acceptors (Lipinski definition) is 4. The number of methoxy groups -OCH3 is 1. The predicted octanol–water partition coefficient (Wildman–Crippen LogP) is 2.13. The largest absolute Gasteiger partial charge is 0.496 e. The molecule has 1 aromatic carbocycles. The molecule has 1 aromatic rings. The molecule has 0 heterocycles. The van der Waals surface area contributed by atoms with Crippen LogP contribution in [0.3, 0.4) is 0 Å². The van der Waals surface area contributed by atoms with Gasteiger partial charge in [-0.05, 0) is 18.9 Å². The predicted molar refractivity (Wildman–Crippen MR) is 91.2 cm³/mol. The lowest BCUT2D eigenvalue weighted by atomic mass is 10.2. The Kier molecular flexibility index (Phi) is 6.19. The van der Waals surface area contributed by atoms with Crippen LogP contribution in [-0.2, 0) is 6.54 Å². The molecule has 21 heavy (non-hydrogen) atoms. The van der Waals surface area contributed by atoms with Crippen molar-refractivity contribution in [2.75, 3.05) is 14.2 Å². The van der Waals surface area contributed by atoms with Gasteiger partial charge in [-0.2, -0.15) is 0 Å². The Morgan fingerprint density at radius 1 is 1.57 bits per heavy atom. The van der Waals surface area contributed by atoms with Crippen molar-refractivity contribution in [3.05, 3.63) is 33.9 Å². The zero-order valence-electron chi connectivity index (χ0n) is 12.0. The van der Waals surface area contributed by atoms with Crippen molar-refractivity contribution in [3.63, 3.8) is 0 Å². The van der Waals surface area contributed by atoms with E-state index in [0.29, 0.717) is 23.3 Å². The van der Waals surface area contributed by atoms with Gasteiger partial charge in [0, 0.05) is 30.8 Å². The Labute approximate surface area is 140 Å². The van der Waals surface area contributed by atoms with Crippen molar-refractivity contribution >= 4 is 35.6 Å². The third-order valence-electron chi connectivity index (χ3n) is 3.34. The number of hydrogen-bond donors (Lipinski definition) is 1. The molecule has 1 fully saturated rings. The molecule has 0 radical (unpaired) electrons. The first kappa shape index (κ1) is 17.5. The normalized spacial score (nSPS) is 14.3. The van der Waals surface area contributed by atoms with Crippen molar-refractivity contribution in [3.8, 4) is 5.75 Å². The monoisotopic (exact) mass is 406 g/mol. The number of nitro benzene ring substituents is 1. The first-order chi connectivity index (χ1) is 9.52. The highest BCUT2D eigenvalue weighted by Crippen LogP contribution is 2.26. The van der Waals surface area contributed by atoms with Gasteiger partial charge in [-0.3, -0.25) is 10.1 Å².